The van der Waals surface area contributed by atoms with Crippen LogP contribution in [0.2, 0.25) is 0 Å². The third-order valence-corrected chi connectivity index (χ3v) is 13.0. The number of hydrogen-bond donors (Lipinski definition) is 0. The molecule has 0 fully saturated rings. The number of rotatable bonds is 53. The molecule has 6 nitrogen and oxygen atoms in total. The smallest absolute Gasteiger partial charge is 0.306 e. The third kappa shape index (κ3) is 51.1. The Balaban J connectivity index is 4.08. The highest BCUT2D eigenvalue weighted by molar-refractivity contribution is 5.71. The predicted octanol–water partition coefficient (Wildman–Crippen LogP) is 18.9. The maximum atomic E-state index is 12.8. The second kappa shape index (κ2) is 53.8. The van der Waals surface area contributed by atoms with Gasteiger partial charge in [-0.25, -0.2) is 0 Å². The van der Waals surface area contributed by atoms with Crippen molar-refractivity contribution in [2.75, 3.05) is 13.2 Å². The third-order valence-electron chi connectivity index (χ3n) is 13.0. The van der Waals surface area contributed by atoms with Crippen LogP contribution in [0.15, 0.2) is 12.2 Å². The molecular weight excluding hydrogens is 793 g/mol. The van der Waals surface area contributed by atoms with Gasteiger partial charge in [0.15, 0.2) is 6.10 Å². The van der Waals surface area contributed by atoms with Crippen molar-refractivity contribution in [3.05, 3.63) is 12.2 Å². The molecule has 0 rings (SSSR count). The van der Waals surface area contributed by atoms with Gasteiger partial charge < -0.3 is 14.2 Å². The lowest BCUT2D eigenvalue weighted by Gasteiger charge is -2.18. The minimum Gasteiger partial charge on any atom is -0.462 e. The minimum atomic E-state index is -0.762. The molecule has 0 aromatic rings. The summed E-state index contributed by atoms with van der Waals surface area (Å²) in [5, 5.41) is 0. The number of carbonyl (C=O) groups excluding carboxylic acids is 3. The molecule has 1 atom stereocenters. The van der Waals surface area contributed by atoms with Crippen molar-refractivity contribution in [2.45, 2.75) is 329 Å². The summed E-state index contributed by atoms with van der Waals surface area (Å²) in [6.45, 7) is 6.63. The molecule has 0 bridgehead atoms. The van der Waals surface area contributed by atoms with Gasteiger partial charge in [-0.3, -0.25) is 14.4 Å². The lowest BCUT2D eigenvalue weighted by atomic mass is 10.0. The molecule has 0 aliphatic heterocycles. The fraction of sp³-hybridized carbons (Fsp3) is 0.914. The molecule has 0 aromatic heterocycles. The number of ether oxygens (including phenoxy) is 3. The van der Waals surface area contributed by atoms with Gasteiger partial charge in [0.2, 0.25) is 0 Å². The molecule has 0 radical (unpaired) electrons. The Morgan fingerprint density at radius 3 is 0.781 bits per heavy atom. The molecule has 0 N–H and O–H groups in total. The fourth-order valence-electron chi connectivity index (χ4n) is 8.68. The largest absolute Gasteiger partial charge is 0.462 e. The van der Waals surface area contributed by atoms with Crippen LogP contribution in [0.25, 0.3) is 0 Å². The second-order valence-electron chi connectivity index (χ2n) is 19.6. The number of esters is 3. The molecule has 0 amide bonds. The maximum Gasteiger partial charge on any atom is 0.306 e. The Hall–Kier alpha value is -1.85. The summed E-state index contributed by atoms with van der Waals surface area (Å²) in [4.78, 5) is 37.8. The molecule has 1 unspecified atom stereocenters. The first-order chi connectivity index (χ1) is 31.5. The number of allylic oxidation sites excluding steroid dienone is 2. The Bertz CT molecular complexity index is 993. The van der Waals surface area contributed by atoms with Crippen molar-refractivity contribution in [1.29, 1.82) is 0 Å². The van der Waals surface area contributed by atoms with Gasteiger partial charge in [-0.15, -0.1) is 0 Å². The van der Waals surface area contributed by atoms with E-state index in [1.54, 1.807) is 0 Å². The van der Waals surface area contributed by atoms with E-state index in [0.717, 1.165) is 57.8 Å². The number of unbranched alkanes of at least 4 members (excludes halogenated alkanes) is 40. The van der Waals surface area contributed by atoms with Gasteiger partial charge in [0, 0.05) is 19.3 Å². The lowest BCUT2D eigenvalue weighted by Crippen LogP contribution is -2.30. The van der Waals surface area contributed by atoms with Crippen LogP contribution >= 0.6 is 0 Å². The van der Waals surface area contributed by atoms with E-state index in [1.807, 2.05) is 0 Å². The van der Waals surface area contributed by atoms with Crippen molar-refractivity contribution in [1.82, 2.24) is 0 Å². The molecule has 378 valence electrons. The van der Waals surface area contributed by atoms with E-state index in [4.69, 9.17) is 14.2 Å². The molecular formula is C58H110O6. The summed E-state index contributed by atoms with van der Waals surface area (Å²) in [5.41, 5.74) is 0. The highest BCUT2D eigenvalue weighted by atomic mass is 16.6. The summed E-state index contributed by atoms with van der Waals surface area (Å²) in [6.07, 6.45) is 60.9. The van der Waals surface area contributed by atoms with Crippen LogP contribution in [0.1, 0.15) is 323 Å². The molecule has 0 saturated heterocycles. The van der Waals surface area contributed by atoms with Crippen LogP contribution in [0.3, 0.4) is 0 Å². The monoisotopic (exact) mass is 903 g/mol. The average Bonchev–Trinajstić information content (AvgIpc) is 3.29. The van der Waals surface area contributed by atoms with Crippen molar-refractivity contribution in [3.63, 3.8) is 0 Å². The Kier molecular flexibility index (Phi) is 52.2. The van der Waals surface area contributed by atoms with E-state index in [9.17, 15) is 14.4 Å². The van der Waals surface area contributed by atoms with Crippen molar-refractivity contribution >= 4 is 17.9 Å². The standard InChI is InChI=1S/C58H110O6/c1-4-7-10-13-16-18-20-22-24-26-27-28-29-30-31-33-34-36-38-40-42-45-48-51-57(60)63-54-55(53-62-56(59)50-47-44-15-12-9-6-3)64-58(61)52-49-46-43-41-39-37-35-32-25-23-21-19-17-14-11-8-5-2/h26-27,55H,4-25,28-54H2,1-3H3/b27-26-. The quantitative estimate of drug-likeness (QED) is 0.0262. The van der Waals surface area contributed by atoms with Crippen LogP contribution in [0.5, 0.6) is 0 Å². The molecule has 0 saturated carbocycles. The molecule has 6 heteroatoms. The lowest BCUT2D eigenvalue weighted by molar-refractivity contribution is -0.167. The zero-order chi connectivity index (χ0) is 46.5. The summed E-state index contributed by atoms with van der Waals surface area (Å²) >= 11 is 0. The number of hydrogen-bond acceptors (Lipinski definition) is 6. The van der Waals surface area contributed by atoms with Crippen molar-refractivity contribution < 1.29 is 28.6 Å². The normalized spacial score (nSPS) is 12.0. The van der Waals surface area contributed by atoms with E-state index < -0.39 is 6.10 Å². The van der Waals surface area contributed by atoms with Crippen LogP contribution in [-0.4, -0.2) is 37.2 Å². The molecule has 0 aliphatic rings. The maximum absolute atomic E-state index is 12.8. The van der Waals surface area contributed by atoms with Gasteiger partial charge in [0.1, 0.15) is 13.2 Å². The molecule has 0 aromatic carbocycles. The zero-order valence-electron chi connectivity index (χ0n) is 43.3. The second-order valence-corrected chi connectivity index (χ2v) is 19.6. The molecule has 0 spiro atoms. The first-order valence-corrected chi connectivity index (χ1v) is 28.7. The van der Waals surface area contributed by atoms with Crippen LogP contribution in [-0.2, 0) is 28.6 Å². The van der Waals surface area contributed by atoms with Gasteiger partial charge in [-0.1, -0.05) is 270 Å². The highest BCUT2D eigenvalue weighted by Gasteiger charge is 2.19. The topological polar surface area (TPSA) is 78.9 Å². The van der Waals surface area contributed by atoms with E-state index in [0.29, 0.717) is 19.3 Å². The number of carbonyl (C=O) groups is 3. The highest BCUT2D eigenvalue weighted by Crippen LogP contribution is 2.17. The summed E-state index contributed by atoms with van der Waals surface area (Å²) in [5.74, 6) is -0.855. The Labute approximate surface area is 399 Å². The van der Waals surface area contributed by atoms with E-state index in [-0.39, 0.29) is 31.1 Å². The Morgan fingerprint density at radius 1 is 0.297 bits per heavy atom. The van der Waals surface area contributed by atoms with Crippen LogP contribution in [0.4, 0.5) is 0 Å². The zero-order valence-corrected chi connectivity index (χ0v) is 43.3. The first-order valence-electron chi connectivity index (χ1n) is 28.7. The van der Waals surface area contributed by atoms with Crippen LogP contribution in [0, 0.1) is 0 Å². The summed E-state index contributed by atoms with van der Waals surface area (Å²) in [7, 11) is 0. The average molecular weight is 904 g/mol. The summed E-state index contributed by atoms with van der Waals surface area (Å²) in [6, 6.07) is 0. The first kappa shape index (κ1) is 62.1. The van der Waals surface area contributed by atoms with Gasteiger partial charge in [0.25, 0.3) is 0 Å². The predicted molar refractivity (Wildman–Crippen MR) is 275 cm³/mol. The molecule has 64 heavy (non-hydrogen) atoms. The van der Waals surface area contributed by atoms with Gasteiger partial charge in [-0.05, 0) is 44.9 Å². The minimum absolute atomic E-state index is 0.0655. The van der Waals surface area contributed by atoms with Gasteiger partial charge in [-0.2, -0.15) is 0 Å². The van der Waals surface area contributed by atoms with E-state index in [1.165, 1.54) is 225 Å². The summed E-state index contributed by atoms with van der Waals surface area (Å²) < 4.78 is 16.8. The van der Waals surface area contributed by atoms with Crippen molar-refractivity contribution in [2.24, 2.45) is 0 Å². The van der Waals surface area contributed by atoms with Gasteiger partial charge >= 0.3 is 17.9 Å². The fourth-order valence-corrected chi connectivity index (χ4v) is 8.68. The van der Waals surface area contributed by atoms with Crippen molar-refractivity contribution in [3.8, 4) is 0 Å². The Morgan fingerprint density at radius 2 is 0.516 bits per heavy atom. The van der Waals surface area contributed by atoms with Gasteiger partial charge in [0.05, 0.1) is 0 Å². The molecule has 0 heterocycles. The van der Waals surface area contributed by atoms with Crippen LogP contribution < -0.4 is 0 Å². The van der Waals surface area contributed by atoms with E-state index >= 15 is 0 Å². The van der Waals surface area contributed by atoms with E-state index in [2.05, 4.69) is 32.9 Å². The SMILES string of the molecule is CCCCCCCCCC/C=C\CCCCCCCCCCCCCC(=O)OCC(COC(=O)CCCCCCCC)OC(=O)CCCCCCCCCCCCCCCCCCC. The molecule has 0 aliphatic carbocycles.